The molecule has 2 aromatic rings. The van der Waals surface area contributed by atoms with Crippen LogP contribution in [0.2, 0.25) is 0 Å². The summed E-state index contributed by atoms with van der Waals surface area (Å²) in [5.74, 6) is 0.855. The van der Waals surface area contributed by atoms with Crippen molar-refractivity contribution in [2.24, 2.45) is 0 Å². The van der Waals surface area contributed by atoms with Crippen LogP contribution in [0, 0.1) is 0 Å². The second-order valence-electron chi connectivity index (χ2n) is 8.44. The number of para-hydroxylation sites is 1. The number of H-pyrrole nitrogens is 1. The summed E-state index contributed by atoms with van der Waals surface area (Å²) in [6.07, 6.45) is 3.09. The number of aromatic nitrogens is 2. The minimum Gasteiger partial charge on any atom is -0.352 e. The van der Waals surface area contributed by atoms with Gasteiger partial charge in [-0.1, -0.05) is 6.07 Å². The first-order chi connectivity index (χ1) is 12.3. The van der Waals surface area contributed by atoms with E-state index in [4.69, 9.17) is 4.98 Å². The molecule has 1 aliphatic rings. The van der Waals surface area contributed by atoms with Gasteiger partial charge in [0.25, 0.3) is 5.91 Å². The molecule has 142 valence electrons. The van der Waals surface area contributed by atoms with Gasteiger partial charge in [-0.3, -0.25) is 4.79 Å². The van der Waals surface area contributed by atoms with Gasteiger partial charge in [0, 0.05) is 12.1 Å². The number of nitrogens with zero attached hydrogens (tertiary/aromatic N) is 1. The van der Waals surface area contributed by atoms with Crippen LogP contribution >= 0.6 is 0 Å². The number of carbonyl (C=O) groups is 1. The standard InChI is InChI=1S/C20H31N5O/c1-19(2,3)22-13-7-11-21-17(26)14-8-5-9-15-16(14)25-18(24-15)20(4)10-6-12-23-20/h5,8-9,22-23H,6-7,10-13H2,1-4H3,(H,21,26)(H,24,25)/t20-/m0/s1. The molecule has 0 spiro atoms. The quantitative estimate of drug-likeness (QED) is 0.599. The zero-order valence-corrected chi connectivity index (χ0v) is 16.3. The fraction of sp³-hybridized carbons (Fsp3) is 0.600. The number of hydrogen-bond acceptors (Lipinski definition) is 4. The number of nitrogens with one attached hydrogen (secondary N) is 4. The molecule has 1 aliphatic heterocycles. The average molecular weight is 358 g/mol. The summed E-state index contributed by atoms with van der Waals surface area (Å²) >= 11 is 0. The molecule has 26 heavy (non-hydrogen) atoms. The molecule has 6 nitrogen and oxygen atoms in total. The maximum atomic E-state index is 12.6. The fourth-order valence-electron chi connectivity index (χ4n) is 3.42. The van der Waals surface area contributed by atoms with Crippen LogP contribution in [0.3, 0.4) is 0 Å². The Morgan fingerprint density at radius 3 is 2.81 bits per heavy atom. The van der Waals surface area contributed by atoms with Gasteiger partial charge in [-0.2, -0.15) is 0 Å². The molecule has 0 unspecified atom stereocenters. The molecule has 4 N–H and O–H groups in total. The first-order valence-electron chi connectivity index (χ1n) is 9.56. The molecule has 6 heteroatoms. The zero-order valence-electron chi connectivity index (χ0n) is 16.3. The number of benzene rings is 1. The molecule has 1 atom stereocenters. The summed E-state index contributed by atoms with van der Waals surface area (Å²) < 4.78 is 0. The number of fused-ring (bicyclic) bond motifs is 1. The van der Waals surface area contributed by atoms with Crippen molar-refractivity contribution < 1.29 is 4.79 Å². The van der Waals surface area contributed by atoms with Crippen molar-refractivity contribution in [3.63, 3.8) is 0 Å². The van der Waals surface area contributed by atoms with Crippen molar-refractivity contribution in [3.05, 3.63) is 29.6 Å². The lowest BCUT2D eigenvalue weighted by Gasteiger charge is -2.21. The maximum absolute atomic E-state index is 12.6. The van der Waals surface area contributed by atoms with Crippen LogP contribution in [0.15, 0.2) is 18.2 Å². The Labute approximate surface area is 155 Å². The Bertz CT molecular complexity index is 768. The summed E-state index contributed by atoms with van der Waals surface area (Å²) in [5, 5.41) is 9.96. The summed E-state index contributed by atoms with van der Waals surface area (Å²) in [4.78, 5) is 20.8. The molecule has 1 fully saturated rings. The van der Waals surface area contributed by atoms with Crippen molar-refractivity contribution in [1.29, 1.82) is 0 Å². The second-order valence-corrected chi connectivity index (χ2v) is 8.44. The highest BCUT2D eigenvalue weighted by molar-refractivity contribution is 6.04. The van der Waals surface area contributed by atoms with Gasteiger partial charge in [-0.25, -0.2) is 4.98 Å². The highest BCUT2D eigenvalue weighted by Gasteiger charge is 2.33. The molecule has 0 radical (unpaired) electrons. The molecule has 3 rings (SSSR count). The lowest BCUT2D eigenvalue weighted by molar-refractivity contribution is 0.0954. The van der Waals surface area contributed by atoms with Gasteiger partial charge < -0.3 is 20.9 Å². The Balaban J connectivity index is 1.67. The van der Waals surface area contributed by atoms with Gasteiger partial charge in [0.1, 0.15) is 11.3 Å². The number of amides is 1. The van der Waals surface area contributed by atoms with E-state index in [2.05, 4.69) is 48.6 Å². The highest BCUT2D eigenvalue weighted by Crippen LogP contribution is 2.30. The third-order valence-corrected chi connectivity index (χ3v) is 4.94. The van der Waals surface area contributed by atoms with Gasteiger partial charge in [0.05, 0.1) is 16.6 Å². The van der Waals surface area contributed by atoms with Gasteiger partial charge >= 0.3 is 0 Å². The van der Waals surface area contributed by atoms with Crippen LogP contribution in [0.25, 0.3) is 11.0 Å². The van der Waals surface area contributed by atoms with Crippen molar-refractivity contribution in [1.82, 2.24) is 25.9 Å². The largest absolute Gasteiger partial charge is 0.352 e. The first-order valence-corrected chi connectivity index (χ1v) is 9.56. The van der Waals surface area contributed by atoms with E-state index in [1.165, 1.54) is 0 Å². The monoisotopic (exact) mass is 357 g/mol. The molecule has 1 aromatic heterocycles. The second kappa shape index (κ2) is 7.37. The minimum absolute atomic E-state index is 0.0612. The lowest BCUT2D eigenvalue weighted by atomic mass is 10.00. The molecular weight excluding hydrogens is 326 g/mol. The van der Waals surface area contributed by atoms with Crippen LogP contribution in [-0.4, -0.2) is 41.0 Å². The average Bonchev–Trinajstić information content (AvgIpc) is 3.20. The smallest absolute Gasteiger partial charge is 0.253 e. The van der Waals surface area contributed by atoms with E-state index in [9.17, 15) is 4.79 Å². The van der Waals surface area contributed by atoms with E-state index < -0.39 is 0 Å². The topological polar surface area (TPSA) is 81.8 Å². The summed E-state index contributed by atoms with van der Waals surface area (Å²) in [6.45, 7) is 11.1. The van der Waals surface area contributed by atoms with E-state index in [1.807, 2.05) is 18.2 Å². The predicted molar refractivity (Wildman–Crippen MR) is 105 cm³/mol. The molecule has 2 heterocycles. The molecule has 1 aromatic carbocycles. The minimum atomic E-state index is -0.134. The molecule has 0 bridgehead atoms. The number of carbonyl (C=O) groups excluding carboxylic acids is 1. The van der Waals surface area contributed by atoms with E-state index in [0.717, 1.165) is 49.2 Å². The maximum Gasteiger partial charge on any atom is 0.253 e. The summed E-state index contributed by atoms with van der Waals surface area (Å²) in [6, 6.07) is 5.74. The number of imidazole rings is 1. The van der Waals surface area contributed by atoms with Crippen LogP contribution in [0.4, 0.5) is 0 Å². The zero-order chi connectivity index (χ0) is 18.8. The Kier molecular flexibility index (Phi) is 5.34. The Hall–Kier alpha value is -1.92. The highest BCUT2D eigenvalue weighted by atomic mass is 16.1. The van der Waals surface area contributed by atoms with Gasteiger partial charge in [0.2, 0.25) is 0 Å². The number of rotatable bonds is 6. The van der Waals surface area contributed by atoms with Gasteiger partial charge in [-0.05, 0) is 72.2 Å². The fourth-order valence-corrected chi connectivity index (χ4v) is 3.42. The first kappa shape index (κ1) is 18.9. The lowest BCUT2D eigenvalue weighted by Crippen LogP contribution is -2.37. The van der Waals surface area contributed by atoms with E-state index in [1.54, 1.807) is 0 Å². The van der Waals surface area contributed by atoms with E-state index in [-0.39, 0.29) is 17.0 Å². The van der Waals surface area contributed by atoms with E-state index in [0.29, 0.717) is 12.1 Å². The van der Waals surface area contributed by atoms with Crippen LogP contribution in [0.5, 0.6) is 0 Å². The number of aromatic amines is 1. The molecular formula is C20H31N5O. The van der Waals surface area contributed by atoms with Crippen LogP contribution < -0.4 is 16.0 Å². The van der Waals surface area contributed by atoms with E-state index >= 15 is 0 Å². The molecule has 1 saturated heterocycles. The van der Waals surface area contributed by atoms with Gasteiger partial charge in [-0.15, -0.1) is 0 Å². The van der Waals surface area contributed by atoms with Crippen molar-refractivity contribution in [2.45, 2.75) is 58.0 Å². The molecule has 0 saturated carbocycles. The predicted octanol–water partition coefficient (Wildman–Crippen LogP) is 2.67. The summed E-state index contributed by atoms with van der Waals surface area (Å²) in [7, 11) is 0. The molecule has 1 amide bonds. The third kappa shape index (κ3) is 4.24. The van der Waals surface area contributed by atoms with Crippen LogP contribution in [0.1, 0.15) is 63.1 Å². The van der Waals surface area contributed by atoms with Crippen molar-refractivity contribution in [2.75, 3.05) is 19.6 Å². The molecule has 0 aliphatic carbocycles. The number of hydrogen-bond donors (Lipinski definition) is 4. The Morgan fingerprint density at radius 2 is 2.12 bits per heavy atom. The Morgan fingerprint density at radius 1 is 1.31 bits per heavy atom. The van der Waals surface area contributed by atoms with Gasteiger partial charge in [0.15, 0.2) is 0 Å². The van der Waals surface area contributed by atoms with Crippen molar-refractivity contribution in [3.8, 4) is 0 Å². The van der Waals surface area contributed by atoms with Crippen LogP contribution in [-0.2, 0) is 5.54 Å². The third-order valence-electron chi connectivity index (χ3n) is 4.94. The normalized spacial score (nSPS) is 20.6. The van der Waals surface area contributed by atoms with Crippen molar-refractivity contribution >= 4 is 16.9 Å². The summed E-state index contributed by atoms with van der Waals surface area (Å²) in [5.41, 5.74) is 2.27. The SMILES string of the molecule is CC(C)(C)NCCCNC(=O)c1cccc2[nH]c([C@]3(C)CCCN3)nc12.